The molecule has 1 atom stereocenters. The van der Waals surface area contributed by atoms with Crippen LogP contribution in [0.3, 0.4) is 0 Å². The van der Waals surface area contributed by atoms with Crippen LogP contribution < -0.4 is 10.1 Å². The highest BCUT2D eigenvalue weighted by Gasteiger charge is 2.39. The zero-order chi connectivity index (χ0) is 22.2. The smallest absolute Gasteiger partial charge is 0.244 e. The Morgan fingerprint density at radius 1 is 1.29 bits per heavy atom. The first-order valence-electron chi connectivity index (χ1n) is 9.17. The van der Waals surface area contributed by atoms with Crippen LogP contribution in [0, 0.1) is 0 Å². The minimum absolute atomic E-state index is 0.119. The van der Waals surface area contributed by atoms with Gasteiger partial charge in [-0.05, 0) is 43.2 Å². The number of ether oxygens (including phenoxy) is 1. The molecule has 4 rings (SSSR count). The molecule has 3 aromatic rings. The van der Waals surface area contributed by atoms with E-state index in [9.17, 15) is 13.2 Å². The van der Waals surface area contributed by atoms with Crippen LogP contribution in [0.2, 0.25) is 8.67 Å². The molecule has 1 amide bonds. The van der Waals surface area contributed by atoms with Gasteiger partial charge in [-0.3, -0.25) is 4.79 Å². The third-order valence-electron chi connectivity index (χ3n) is 4.84. The number of nitrogens with one attached hydrogen (secondary N) is 1. The molecule has 1 aliphatic rings. The van der Waals surface area contributed by atoms with Crippen LogP contribution in [0.25, 0.3) is 11.3 Å². The molecule has 1 aromatic carbocycles. The summed E-state index contributed by atoms with van der Waals surface area (Å²) in [6.45, 7) is 0.276. The zero-order valence-electron chi connectivity index (χ0n) is 16.2. The molecule has 12 heteroatoms. The van der Waals surface area contributed by atoms with Crippen molar-refractivity contribution in [2.75, 3.05) is 19.0 Å². The predicted octanol–water partition coefficient (Wildman–Crippen LogP) is 4.98. The average molecular weight is 518 g/mol. The molecule has 1 saturated heterocycles. The summed E-state index contributed by atoms with van der Waals surface area (Å²) < 4.78 is 33.6. The zero-order valence-corrected chi connectivity index (χ0v) is 20.1. The van der Waals surface area contributed by atoms with Gasteiger partial charge in [0.1, 0.15) is 16.1 Å². The summed E-state index contributed by atoms with van der Waals surface area (Å²) in [6, 6.07) is 7.02. The monoisotopic (exact) mass is 517 g/mol. The first-order valence-corrected chi connectivity index (χ1v) is 13.1. The van der Waals surface area contributed by atoms with Gasteiger partial charge in [0, 0.05) is 17.5 Å². The normalized spacial score (nSPS) is 17.1. The number of anilines is 1. The average Bonchev–Trinajstić information content (AvgIpc) is 3.48. The second kappa shape index (κ2) is 9.05. The molecule has 0 aliphatic carbocycles. The number of aromatic nitrogens is 1. The molecular weight excluding hydrogens is 501 g/mol. The van der Waals surface area contributed by atoms with Gasteiger partial charge in [-0.15, -0.1) is 22.7 Å². The number of amides is 1. The summed E-state index contributed by atoms with van der Waals surface area (Å²) in [5.74, 6) is 0.145. The van der Waals surface area contributed by atoms with E-state index in [0.29, 0.717) is 43.7 Å². The van der Waals surface area contributed by atoms with Crippen molar-refractivity contribution in [3.8, 4) is 17.0 Å². The third kappa shape index (κ3) is 4.59. The lowest BCUT2D eigenvalue weighted by molar-refractivity contribution is -0.119. The van der Waals surface area contributed by atoms with Crippen molar-refractivity contribution in [1.29, 1.82) is 0 Å². The Morgan fingerprint density at radius 2 is 2.03 bits per heavy atom. The molecular formula is C19H17Cl2N3O4S3. The Bertz CT molecular complexity index is 1210. The van der Waals surface area contributed by atoms with Gasteiger partial charge in [0.05, 0.1) is 22.0 Å². The first-order chi connectivity index (χ1) is 14.8. The minimum atomic E-state index is -3.82. The van der Waals surface area contributed by atoms with Gasteiger partial charge >= 0.3 is 0 Å². The van der Waals surface area contributed by atoms with Crippen molar-refractivity contribution in [3.05, 3.63) is 44.4 Å². The molecule has 1 fully saturated rings. The quantitative estimate of drug-likeness (QED) is 0.498. The van der Waals surface area contributed by atoms with Crippen molar-refractivity contribution < 1.29 is 17.9 Å². The number of carbonyl (C=O) groups excluding carboxylic acids is 1. The van der Waals surface area contributed by atoms with Gasteiger partial charge in [0.15, 0.2) is 5.13 Å². The fraction of sp³-hybridized carbons (Fsp3) is 0.263. The molecule has 1 aliphatic heterocycles. The number of rotatable bonds is 6. The Hall–Kier alpha value is -1.69. The molecule has 0 radical (unpaired) electrons. The molecule has 31 heavy (non-hydrogen) atoms. The second-order valence-corrected chi connectivity index (χ2v) is 11.7. The van der Waals surface area contributed by atoms with Crippen molar-refractivity contribution in [3.63, 3.8) is 0 Å². The summed E-state index contributed by atoms with van der Waals surface area (Å²) in [7, 11) is -2.31. The maximum atomic E-state index is 13.1. The van der Waals surface area contributed by atoms with Gasteiger partial charge in [-0.1, -0.05) is 23.2 Å². The van der Waals surface area contributed by atoms with Crippen LogP contribution in [0.1, 0.15) is 12.8 Å². The minimum Gasteiger partial charge on any atom is -0.497 e. The summed E-state index contributed by atoms with van der Waals surface area (Å²) >= 11 is 14.6. The standard InChI is InChI=1S/C19H17Cl2N3O4S3/c1-28-11-4-6-12(7-5-11)31(26,27)24-8-2-3-15(24)18(25)23-19-22-14(10-29-19)13-9-16(20)30-17(13)21/h4-7,9-10,15H,2-3,8H2,1H3,(H,22,23,25). The number of halogens is 2. The van der Waals surface area contributed by atoms with E-state index in [1.54, 1.807) is 23.6 Å². The van der Waals surface area contributed by atoms with E-state index >= 15 is 0 Å². The molecule has 0 bridgehead atoms. The lowest BCUT2D eigenvalue weighted by atomic mass is 10.2. The number of carbonyl (C=O) groups is 1. The second-order valence-electron chi connectivity index (χ2n) is 6.71. The number of nitrogens with zero attached hydrogens (tertiary/aromatic N) is 2. The van der Waals surface area contributed by atoms with Gasteiger partial charge in [0.25, 0.3) is 0 Å². The predicted molar refractivity (Wildman–Crippen MR) is 124 cm³/mol. The van der Waals surface area contributed by atoms with E-state index in [-0.39, 0.29) is 11.4 Å². The Balaban J connectivity index is 1.51. The van der Waals surface area contributed by atoms with Crippen LogP contribution in [-0.2, 0) is 14.8 Å². The van der Waals surface area contributed by atoms with Gasteiger partial charge < -0.3 is 10.1 Å². The van der Waals surface area contributed by atoms with Crippen LogP contribution >= 0.6 is 45.9 Å². The van der Waals surface area contributed by atoms with Crippen molar-refractivity contribution in [2.24, 2.45) is 0 Å². The third-order valence-corrected chi connectivity index (χ3v) is 9.01. The van der Waals surface area contributed by atoms with Gasteiger partial charge in [0.2, 0.25) is 15.9 Å². The van der Waals surface area contributed by atoms with Crippen LogP contribution in [0.5, 0.6) is 5.75 Å². The number of methoxy groups -OCH3 is 1. The lowest BCUT2D eigenvalue weighted by Gasteiger charge is -2.23. The number of sulfonamides is 1. The summed E-state index contributed by atoms with van der Waals surface area (Å²) in [6.07, 6.45) is 1.03. The Morgan fingerprint density at radius 3 is 2.68 bits per heavy atom. The fourth-order valence-corrected chi connectivity index (χ4v) is 7.18. The van der Waals surface area contributed by atoms with Crippen molar-refractivity contribution >= 4 is 66.9 Å². The Labute approximate surface area is 197 Å². The molecule has 0 saturated carbocycles. The number of thiophene rings is 1. The maximum Gasteiger partial charge on any atom is 0.244 e. The molecule has 0 spiro atoms. The van der Waals surface area contributed by atoms with E-state index in [1.165, 1.54) is 46.2 Å². The molecule has 164 valence electrons. The van der Waals surface area contributed by atoms with Crippen LogP contribution in [-0.4, -0.2) is 43.3 Å². The van der Waals surface area contributed by atoms with E-state index in [4.69, 9.17) is 27.9 Å². The molecule has 7 nitrogen and oxygen atoms in total. The number of hydrogen-bond acceptors (Lipinski definition) is 7. The summed E-state index contributed by atoms with van der Waals surface area (Å²) in [5.41, 5.74) is 1.29. The Kier molecular flexibility index (Phi) is 6.57. The van der Waals surface area contributed by atoms with E-state index in [2.05, 4.69) is 10.3 Å². The molecule has 3 heterocycles. The van der Waals surface area contributed by atoms with E-state index < -0.39 is 22.0 Å². The first kappa shape index (κ1) is 22.5. The largest absolute Gasteiger partial charge is 0.497 e. The van der Waals surface area contributed by atoms with Gasteiger partial charge in [-0.2, -0.15) is 4.31 Å². The van der Waals surface area contributed by atoms with Gasteiger partial charge in [-0.25, -0.2) is 13.4 Å². The summed E-state index contributed by atoms with van der Waals surface area (Å²) in [5, 5.41) is 4.87. The number of hydrogen-bond donors (Lipinski definition) is 1. The topological polar surface area (TPSA) is 88.6 Å². The maximum absolute atomic E-state index is 13.1. The summed E-state index contributed by atoms with van der Waals surface area (Å²) in [4.78, 5) is 17.4. The molecule has 1 unspecified atom stereocenters. The van der Waals surface area contributed by atoms with E-state index in [0.717, 1.165) is 0 Å². The SMILES string of the molecule is COc1ccc(S(=O)(=O)N2CCCC2C(=O)Nc2nc(-c3cc(Cl)sc3Cl)cs2)cc1. The fourth-order valence-electron chi connectivity index (χ4n) is 3.33. The highest BCUT2D eigenvalue weighted by Crippen LogP contribution is 2.39. The van der Waals surface area contributed by atoms with Crippen molar-refractivity contribution in [2.45, 2.75) is 23.8 Å². The van der Waals surface area contributed by atoms with Crippen LogP contribution in [0.15, 0.2) is 40.6 Å². The molecule has 1 N–H and O–H groups in total. The number of thiazole rings is 1. The lowest BCUT2D eigenvalue weighted by Crippen LogP contribution is -2.43. The van der Waals surface area contributed by atoms with Crippen molar-refractivity contribution in [1.82, 2.24) is 9.29 Å². The van der Waals surface area contributed by atoms with Crippen LogP contribution in [0.4, 0.5) is 5.13 Å². The number of benzene rings is 1. The highest BCUT2D eigenvalue weighted by atomic mass is 35.5. The highest BCUT2D eigenvalue weighted by molar-refractivity contribution is 7.89. The van der Waals surface area contributed by atoms with E-state index in [1.807, 2.05) is 0 Å². The molecule has 2 aromatic heterocycles.